The van der Waals surface area contributed by atoms with Crippen molar-refractivity contribution in [2.45, 2.75) is 32.4 Å². The fourth-order valence-corrected chi connectivity index (χ4v) is 3.25. The summed E-state index contributed by atoms with van der Waals surface area (Å²) in [6.07, 6.45) is 2.49. The normalized spacial score (nSPS) is 16.5. The van der Waals surface area contributed by atoms with Crippen LogP contribution in [0.3, 0.4) is 0 Å². The van der Waals surface area contributed by atoms with Crippen LogP contribution in [-0.2, 0) is 11.3 Å². The van der Waals surface area contributed by atoms with Crippen molar-refractivity contribution < 1.29 is 4.79 Å². The van der Waals surface area contributed by atoms with Crippen LogP contribution in [0.5, 0.6) is 0 Å². The van der Waals surface area contributed by atoms with Gasteiger partial charge in [0.25, 0.3) is 0 Å². The van der Waals surface area contributed by atoms with E-state index in [0.717, 1.165) is 17.8 Å². The quantitative estimate of drug-likeness (QED) is 0.878. The van der Waals surface area contributed by atoms with Crippen molar-refractivity contribution in [3.8, 4) is 0 Å². The number of hydrogen-bond acceptors (Lipinski definition) is 3. The average molecular weight is 264 g/mol. The number of para-hydroxylation sites is 1. The van der Waals surface area contributed by atoms with Gasteiger partial charge in [-0.25, -0.2) is 0 Å². The minimum Gasteiger partial charge on any atom is -0.326 e. The molecular weight excluding hydrogens is 244 g/mol. The first kappa shape index (κ1) is 13.4. The van der Waals surface area contributed by atoms with Crippen LogP contribution in [-0.4, -0.2) is 23.5 Å². The molecule has 98 valence electrons. The molecule has 2 N–H and O–H groups in total. The summed E-state index contributed by atoms with van der Waals surface area (Å²) in [4.78, 5) is 11.1. The fourth-order valence-electron chi connectivity index (χ4n) is 2.14. The molecule has 0 aromatic heterocycles. The van der Waals surface area contributed by atoms with Crippen molar-refractivity contribution in [3.63, 3.8) is 0 Å². The van der Waals surface area contributed by atoms with E-state index in [1.165, 1.54) is 24.3 Å². The molecular formula is C14H20N2OS. The van der Waals surface area contributed by atoms with Crippen LogP contribution < -0.4 is 10.6 Å². The molecule has 1 amide bonds. The first-order chi connectivity index (χ1) is 8.75. The zero-order valence-corrected chi connectivity index (χ0v) is 11.6. The van der Waals surface area contributed by atoms with Crippen LogP contribution in [0.2, 0.25) is 0 Å². The molecule has 0 radical (unpaired) electrons. The van der Waals surface area contributed by atoms with E-state index >= 15 is 0 Å². The molecule has 1 aromatic carbocycles. The molecule has 18 heavy (non-hydrogen) atoms. The third kappa shape index (κ3) is 4.03. The SMILES string of the molecule is CC(=O)Nc1ccccc1CNC1CCSCC1. The Labute approximate surface area is 113 Å². The molecule has 1 heterocycles. The lowest BCUT2D eigenvalue weighted by atomic mass is 10.1. The molecule has 0 saturated carbocycles. The highest BCUT2D eigenvalue weighted by molar-refractivity contribution is 7.99. The summed E-state index contributed by atoms with van der Waals surface area (Å²) in [5.74, 6) is 2.49. The Bertz CT molecular complexity index is 403. The molecule has 1 aliphatic heterocycles. The second-order valence-electron chi connectivity index (χ2n) is 4.61. The number of thioether (sulfide) groups is 1. The molecule has 0 spiro atoms. The molecule has 0 atom stereocenters. The van der Waals surface area contributed by atoms with Crippen LogP contribution in [0.1, 0.15) is 25.3 Å². The molecule has 1 aliphatic rings. The van der Waals surface area contributed by atoms with E-state index in [-0.39, 0.29) is 5.91 Å². The summed E-state index contributed by atoms with van der Waals surface area (Å²) in [7, 11) is 0. The monoisotopic (exact) mass is 264 g/mol. The Hall–Kier alpha value is -1.00. The molecule has 0 bridgehead atoms. The van der Waals surface area contributed by atoms with Gasteiger partial charge in [-0.05, 0) is 36.0 Å². The van der Waals surface area contributed by atoms with Crippen molar-refractivity contribution in [3.05, 3.63) is 29.8 Å². The Morgan fingerprint density at radius 1 is 1.33 bits per heavy atom. The summed E-state index contributed by atoms with van der Waals surface area (Å²) in [6, 6.07) is 8.60. The third-order valence-corrected chi connectivity index (χ3v) is 4.18. The predicted octanol–water partition coefficient (Wildman–Crippen LogP) is 2.63. The van der Waals surface area contributed by atoms with Crippen LogP contribution >= 0.6 is 11.8 Å². The number of carbonyl (C=O) groups is 1. The summed E-state index contributed by atoms with van der Waals surface area (Å²) < 4.78 is 0. The lowest BCUT2D eigenvalue weighted by molar-refractivity contribution is -0.114. The largest absolute Gasteiger partial charge is 0.326 e. The molecule has 4 heteroatoms. The summed E-state index contributed by atoms with van der Waals surface area (Å²) in [6.45, 7) is 2.37. The number of carbonyl (C=O) groups excluding carboxylic acids is 1. The lowest BCUT2D eigenvalue weighted by Gasteiger charge is -2.23. The van der Waals surface area contributed by atoms with Gasteiger partial charge in [-0.3, -0.25) is 4.79 Å². The minimum atomic E-state index is -0.0171. The van der Waals surface area contributed by atoms with Gasteiger partial charge in [0.2, 0.25) is 5.91 Å². The maximum absolute atomic E-state index is 11.1. The lowest BCUT2D eigenvalue weighted by Crippen LogP contribution is -2.32. The van der Waals surface area contributed by atoms with Gasteiger partial charge in [-0.15, -0.1) is 0 Å². The first-order valence-corrected chi connectivity index (χ1v) is 7.58. The van der Waals surface area contributed by atoms with Gasteiger partial charge in [0.1, 0.15) is 0 Å². The van der Waals surface area contributed by atoms with E-state index < -0.39 is 0 Å². The Kier molecular flexibility index (Phi) is 5.08. The zero-order valence-electron chi connectivity index (χ0n) is 10.7. The van der Waals surface area contributed by atoms with Crippen molar-refractivity contribution >= 4 is 23.4 Å². The Balaban J connectivity index is 1.93. The molecule has 1 aromatic rings. The fraction of sp³-hybridized carbons (Fsp3) is 0.500. The summed E-state index contributed by atoms with van der Waals surface area (Å²) in [5.41, 5.74) is 2.08. The Morgan fingerprint density at radius 2 is 2.06 bits per heavy atom. The molecule has 1 fully saturated rings. The third-order valence-electron chi connectivity index (χ3n) is 3.13. The average Bonchev–Trinajstić information content (AvgIpc) is 2.38. The maximum Gasteiger partial charge on any atom is 0.221 e. The van der Waals surface area contributed by atoms with Crippen molar-refractivity contribution in [1.29, 1.82) is 0 Å². The smallest absolute Gasteiger partial charge is 0.221 e. The highest BCUT2D eigenvalue weighted by Crippen LogP contribution is 2.19. The van der Waals surface area contributed by atoms with Gasteiger partial charge in [0, 0.05) is 25.2 Å². The highest BCUT2D eigenvalue weighted by Gasteiger charge is 2.13. The number of nitrogens with one attached hydrogen (secondary N) is 2. The van der Waals surface area contributed by atoms with Gasteiger partial charge in [0.05, 0.1) is 0 Å². The van der Waals surface area contributed by atoms with E-state index in [2.05, 4.69) is 16.7 Å². The summed E-state index contributed by atoms with van der Waals surface area (Å²) in [5, 5.41) is 6.46. The van der Waals surface area contributed by atoms with Crippen LogP contribution in [0.25, 0.3) is 0 Å². The van der Waals surface area contributed by atoms with E-state index in [9.17, 15) is 4.79 Å². The van der Waals surface area contributed by atoms with Gasteiger partial charge < -0.3 is 10.6 Å². The molecule has 2 rings (SSSR count). The maximum atomic E-state index is 11.1. The number of anilines is 1. The van der Waals surface area contributed by atoms with Crippen molar-refractivity contribution in [2.75, 3.05) is 16.8 Å². The van der Waals surface area contributed by atoms with E-state index in [0.29, 0.717) is 6.04 Å². The van der Waals surface area contributed by atoms with Crippen molar-refractivity contribution in [1.82, 2.24) is 5.32 Å². The first-order valence-electron chi connectivity index (χ1n) is 6.42. The van der Waals surface area contributed by atoms with E-state index in [4.69, 9.17) is 0 Å². The minimum absolute atomic E-state index is 0.0171. The van der Waals surface area contributed by atoms with Crippen LogP contribution in [0.4, 0.5) is 5.69 Å². The second-order valence-corrected chi connectivity index (χ2v) is 5.83. The standard InChI is InChI=1S/C14H20N2OS/c1-11(17)16-14-5-3-2-4-12(14)10-15-13-6-8-18-9-7-13/h2-5,13,15H,6-10H2,1H3,(H,16,17). The summed E-state index contributed by atoms with van der Waals surface area (Å²) >= 11 is 2.03. The number of rotatable bonds is 4. The van der Waals surface area contributed by atoms with E-state index in [1.54, 1.807) is 6.92 Å². The zero-order chi connectivity index (χ0) is 12.8. The van der Waals surface area contributed by atoms with Gasteiger partial charge >= 0.3 is 0 Å². The topological polar surface area (TPSA) is 41.1 Å². The Morgan fingerprint density at radius 3 is 2.78 bits per heavy atom. The van der Waals surface area contributed by atoms with E-state index in [1.807, 2.05) is 30.0 Å². The van der Waals surface area contributed by atoms with Gasteiger partial charge in [0.15, 0.2) is 0 Å². The number of hydrogen-bond donors (Lipinski definition) is 2. The van der Waals surface area contributed by atoms with Crippen LogP contribution in [0.15, 0.2) is 24.3 Å². The van der Waals surface area contributed by atoms with Crippen LogP contribution in [0, 0.1) is 0 Å². The van der Waals surface area contributed by atoms with Gasteiger partial charge in [-0.2, -0.15) is 11.8 Å². The predicted molar refractivity (Wildman–Crippen MR) is 77.9 cm³/mol. The molecule has 0 unspecified atom stereocenters. The van der Waals surface area contributed by atoms with Gasteiger partial charge in [-0.1, -0.05) is 18.2 Å². The molecule has 0 aliphatic carbocycles. The molecule has 1 saturated heterocycles. The molecule has 3 nitrogen and oxygen atoms in total. The number of amides is 1. The number of benzene rings is 1. The highest BCUT2D eigenvalue weighted by atomic mass is 32.2. The van der Waals surface area contributed by atoms with Crippen molar-refractivity contribution in [2.24, 2.45) is 0 Å². The second kappa shape index (κ2) is 6.81.